The van der Waals surface area contributed by atoms with Gasteiger partial charge in [-0.05, 0) is 35.7 Å². The fraction of sp³-hybridized carbons (Fsp3) is 0.300. The first-order valence-corrected chi connectivity index (χ1v) is 8.94. The summed E-state index contributed by atoms with van der Waals surface area (Å²) in [5, 5.41) is 0. The van der Waals surface area contributed by atoms with Gasteiger partial charge in [0.1, 0.15) is 0 Å². The van der Waals surface area contributed by atoms with Crippen molar-refractivity contribution in [1.29, 1.82) is 0 Å². The van der Waals surface area contributed by atoms with Crippen molar-refractivity contribution in [1.82, 2.24) is 0 Å². The average Bonchev–Trinajstić information content (AvgIpc) is 2.59. The maximum atomic E-state index is 12.3. The van der Waals surface area contributed by atoms with E-state index in [1.54, 1.807) is 24.3 Å². The lowest BCUT2D eigenvalue weighted by Crippen LogP contribution is -2.16. The lowest BCUT2D eigenvalue weighted by molar-refractivity contribution is 0.0431. The van der Waals surface area contributed by atoms with E-state index >= 15 is 0 Å². The van der Waals surface area contributed by atoms with Crippen LogP contribution in [0.25, 0.3) is 0 Å². The number of benzene rings is 2. The van der Waals surface area contributed by atoms with Gasteiger partial charge in [0.25, 0.3) is 0 Å². The molecule has 2 aromatic carbocycles. The van der Waals surface area contributed by atoms with Crippen molar-refractivity contribution >= 4 is 27.9 Å². The zero-order valence-electron chi connectivity index (χ0n) is 14.3. The van der Waals surface area contributed by atoms with Gasteiger partial charge in [0.15, 0.2) is 0 Å². The van der Waals surface area contributed by atoms with Crippen LogP contribution in [0.3, 0.4) is 0 Å². The van der Waals surface area contributed by atoms with E-state index in [1.165, 1.54) is 0 Å². The van der Waals surface area contributed by atoms with Crippen molar-refractivity contribution in [2.24, 2.45) is 5.92 Å². The van der Waals surface area contributed by atoms with Crippen LogP contribution in [0.2, 0.25) is 0 Å². The zero-order chi connectivity index (χ0) is 18.2. The summed E-state index contributed by atoms with van der Waals surface area (Å²) in [6.07, 6.45) is 0.602. The SMILES string of the molecule is CC(C)COC(=O)c1ccccc1C(=O)OCCc1cccc(Br)c1. The molecule has 0 spiro atoms. The molecular weight excluding hydrogens is 384 g/mol. The molecule has 0 unspecified atom stereocenters. The highest BCUT2D eigenvalue weighted by molar-refractivity contribution is 9.10. The predicted octanol–water partition coefficient (Wildman–Crippen LogP) is 4.66. The van der Waals surface area contributed by atoms with Crippen molar-refractivity contribution in [2.45, 2.75) is 20.3 Å². The van der Waals surface area contributed by atoms with Gasteiger partial charge >= 0.3 is 11.9 Å². The summed E-state index contributed by atoms with van der Waals surface area (Å²) in [4.78, 5) is 24.5. The van der Waals surface area contributed by atoms with E-state index in [0.717, 1.165) is 10.0 Å². The Bertz CT molecular complexity index is 740. The third-order valence-electron chi connectivity index (χ3n) is 3.43. The molecule has 0 aromatic heterocycles. The van der Waals surface area contributed by atoms with Gasteiger partial charge in [0, 0.05) is 10.9 Å². The number of esters is 2. The third kappa shape index (κ3) is 6.02. The molecule has 0 aliphatic heterocycles. The third-order valence-corrected chi connectivity index (χ3v) is 3.92. The monoisotopic (exact) mass is 404 g/mol. The molecule has 0 saturated carbocycles. The maximum Gasteiger partial charge on any atom is 0.339 e. The van der Waals surface area contributed by atoms with Crippen LogP contribution in [-0.4, -0.2) is 25.2 Å². The number of rotatable bonds is 7. The predicted molar refractivity (Wildman–Crippen MR) is 99.7 cm³/mol. The van der Waals surface area contributed by atoms with Crippen molar-refractivity contribution < 1.29 is 19.1 Å². The average molecular weight is 405 g/mol. The van der Waals surface area contributed by atoms with Crippen LogP contribution in [-0.2, 0) is 15.9 Å². The molecule has 0 aliphatic carbocycles. The van der Waals surface area contributed by atoms with Gasteiger partial charge in [-0.3, -0.25) is 0 Å². The molecule has 4 nitrogen and oxygen atoms in total. The number of hydrogen-bond acceptors (Lipinski definition) is 4. The summed E-state index contributed by atoms with van der Waals surface area (Å²) in [7, 11) is 0. The molecule has 0 bridgehead atoms. The van der Waals surface area contributed by atoms with Crippen LogP contribution in [0.15, 0.2) is 53.0 Å². The molecule has 0 fully saturated rings. The number of halogens is 1. The Labute approximate surface area is 156 Å². The van der Waals surface area contributed by atoms with E-state index in [1.807, 2.05) is 38.1 Å². The molecule has 25 heavy (non-hydrogen) atoms. The summed E-state index contributed by atoms with van der Waals surface area (Å²) < 4.78 is 11.5. The second kappa shape index (κ2) is 9.37. The van der Waals surface area contributed by atoms with Crippen LogP contribution in [0.4, 0.5) is 0 Å². The highest BCUT2D eigenvalue weighted by Gasteiger charge is 2.19. The van der Waals surface area contributed by atoms with Crippen LogP contribution in [0.1, 0.15) is 40.1 Å². The highest BCUT2D eigenvalue weighted by Crippen LogP contribution is 2.14. The topological polar surface area (TPSA) is 52.6 Å². The molecule has 0 radical (unpaired) electrons. The quantitative estimate of drug-likeness (QED) is 0.629. The molecule has 0 amide bonds. The molecule has 2 rings (SSSR count). The Morgan fingerprint density at radius 2 is 1.60 bits per heavy atom. The summed E-state index contributed by atoms with van der Waals surface area (Å²) in [5.74, 6) is -0.798. The second-order valence-corrected chi connectivity index (χ2v) is 6.97. The molecular formula is C20H21BrO4. The Hall–Kier alpha value is -2.14. The Kier molecular flexibility index (Phi) is 7.19. The van der Waals surface area contributed by atoms with Crippen molar-refractivity contribution in [3.8, 4) is 0 Å². The minimum atomic E-state index is -0.521. The van der Waals surface area contributed by atoms with Crippen LogP contribution in [0, 0.1) is 5.92 Å². The van der Waals surface area contributed by atoms with Crippen LogP contribution < -0.4 is 0 Å². The number of carbonyl (C=O) groups is 2. The molecule has 0 N–H and O–H groups in total. The van der Waals surface area contributed by atoms with E-state index in [-0.39, 0.29) is 23.7 Å². The second-order valence-electron chi connectivity index (χ2n) is 6.05. The van der Waals surface area contributed by atoms with Gasteiger partial charge in [-0.25, -0.2) is 9.59 Å². The number of hydrogen-bond donors (Lipinski definition) is 0. The zero-order valence-corrected chi connectivity index (χ0v) is 15.9. The lowest BCUT2D eigenvalue weighted by atomic mass is 10.1. The van der Waals surface area contributed by atoms with Crippen molar-refractivity contribution in [3.05, 3.63) is 69.7 Å². The highest BCUT2D eigenvalue weighted by atomic mass is 79.9. The number of ether oxygens (including phenoxy) is 2. The molecule has 0 atom stereocenters. The van der Waals surface area contributed by atoms with E-state index in [4.69, 9.17) is 9.47 Å². The first kappa shape index (κ1) is 19.2. The maximum absolute atomic E-state index is 12.3. The smallest absolute Gasteiger partial charge is 0.339 e. The Morgan fingerprint density at radius 3 is 2.20 bits per heavy atom. The first-order chi connectivity index (χ1) is 12.0. The Morgan fingerprint density at radius 1 is 0.960 bits per heavy atom. The Balaban J connectivity index is 1.98. The molecule has 0 heterocycles. The minimum Gasteiger partial charge on any atom is -0.462 e. The van der Waals surface area contributed by atoms with Gasteiger partial charge in [0.2, 0.25) is 0 Å². The fourth-order valence-corrected chi connectivity index (χ4v) is 2.64. The van der Waals surface area contributed by atoms with Crippen LogP contribution >= 0.6 is 15.9 Å². The summed E-state index contributed by atoms with van der Waals surface area (Å²) in [6, 6.07) is 14.4. The summed E-state index contributed by atoms with van der Waals surface area (Å²) in [5.41, 5.74) is 1.52. The molecule has 132 valence electrons. The molecule has 2 aromatic rings. The van der Waals surface area contributed by atoms with Gasteiger partial charge in [-0.15, -0.1) is 0 Å². The lowest BCUT2D eigenvalue weighted by Gasteiger charge is -2.11. The summed E-state index contributed by atoms with van der Waals surface area (Å²) in [6.45, 7) is 4.46. The number of carbonyl (C=O) groups excluding carboxylic acids is 2. The molecule has 0 aliphatic rings. The van der Waals surface area contributed by atoms with Crippen molar-refractivity contribution in [2.75, 3.05) is 13.2 Å². The van der Waals surface area contributed by atoms with E-state index in [9.17, 15) is 9.59 Å². The standard InChI is InChI=1S/C20H21BrO4/c1-14(2)13-25-20(23)18-9-4-3-8-17(18)19(22)24-11-10-15-6-5-7-16(21)12-15/h3-9,12,14H,10-11,13H2,1-2H3. The molecule has 0 saturated heterocycles. The normalized spacial score (nSPS) is 10.6. The molecule has 5 heteroatoms. The van der Waals surface area contributed by atoms with E-state index < -0.39 is 11.9 Å². The largest absolute Gasteiger partial charge is 0.462 e. The summed E-state index contributed by atoms with van der Waals surface area (Å²) >= 11 is 3.41. The van der Waals surface area contributed by atoms with Gasteiger partial charge in [-0.2, -0.15) is 0 Å². The van der Waals surface area contributed by atoms with Gasteiger partial charge < -0.3 is 9.47 Å². The van der Waals surface area contributed by atoms with Gasteiger partial charge in [0.05, 0.1) is 24.3 Å². The van der Waals surface area contributed by atoms with E-state index in [0.29, 0.717) is 13.0 Å². The first-order valence-electron chi connectivity index (χ1n) is 8.15. The van der Waals surface area contributed by atoms with Crippen LogP contribution in [0.5, 0.6) is 0 Å². The van der Waals surface area contributed by atoms with Crippen molar-refractivity contribution in [3.63, 3.8) is 0 Å². The fourth-order valence-electron chi connectivity index (χ4n) is 2.19. The van der Waals surface area contributed by atoms with Gasteiger partial charge in [-0.1, -0.05) is 54.0 Å². The minimum absolute atomic E-state index is 0.227. The van der Waals surface area contributed by atoms with E-state index in [2.05, 4.69) is 15.9 Å².